The van der Waals surface area contributed by atoms with Crippen molar-refractivity contribution in [3.8, 4) is 11.8 Å². The summed E-state index contributed by atoms with van der Waals surface area (Å²) in [5.41, 5.74) is -2.66. The molecule has 0 N–H and O–H groups in total. The molecule has 0 saturated heterocycles. The number of carbonyl (C=O) groups is 1. The van der Waals surface area contributed by atoms with Crippen molar-refractivity contribution >= 4 is 48.5 Å². The predicted molar refractivity (Wildman–Crippen MR) is 133 cm³/mol. The summed E-state index contributed by atoms with van der Waals surface area (Å²) in [4.78, 5) is 30.6. The Bertz CT molecular complexity index is 1630. The molecule has 0 saturated carbocycles. The molecule has 38 heavy (non-hydrogen) atoms. The van der Waals surface area contributed by atoms with E-state index in [2.05, 4.69) is 25.7 Å². The molecule has 15 heteroatoms. The normalized spacial score (nSPS) is 12.2. The van der Waals surface area contributed by atoms with Crippen molar-refractivity contribution in [1.82, 2.24) is 9.66 Å². The summed E-state index contributed by atoms with van der Waals surface area (Å²) in [6.07, 6.45) is -5.40. The summed E-state index contributed by atoms with van der Waals surface area (Å²) in [6, 6.07) is 7.13. The number of carbonyl (C=O) groups excluding carboxylic acids is 1. The maximum absolute atomic E-state index is 13.5. The van der Waals surface area contributed by atoms with Gasteiger partial charge in [0, 0.05) is 0 Å². The van der Waals surface area contributed by atoms with Crippen LogP contribution in [0.15, 0.2) is 50.8 Å². The minimum absolute atomic E-state index is 0.0461. The van der Waals surface area contributed by atoms with Crippen LogP contribution in [-0.4, -0.2) is 41.9 Å². The highest BCUT2D eigenvalue weighted by molar-refractivity contribution is 9.10. The van der Waals surface area contributed by atoms with Gasteiger partial charge in [-0.3, -0.25) is 4.79 Å². The number of nitriles is 1. The van der Waals surface area contributed by atoms with Crippen molar-refractivity contribution in [2.75, 3.05) is 10.8 Å². The molecule has 0 aliphatic carbocycles. The number of anilines is 1. The lowest BCUT2D eigenvalue weighted by molar-refractivity contribution is -0.274. The Labute approximate surface area is 223 Å². The quantitative estimate of drug-likeness (QED) is 0.394. The Hall–Kier alpha value is -3.64. The zero-order chi connectivity index (χ0) is 28.6. The molecule has 0 bridgehead atoms. The largest absolute Gasteiger partial charge is 0.573 e. The number of nitrogens with zero attached hydrogens (tertiary/aromatic N) is 4. The lowest BCUT2D eigenvalue weighted by atomic mass is 10.2. The second-order valence-corrected chi connectivity index (χ2v) is 11.8. The summed E-state index contributed by atoms with van der Waals surface area (Å²) in [5.74, 6) is -1.13. The van der Waals surface area contributed by atoms with E-state index in [1.807, 2.05) is 6.07 Å². The lowest BCUT2D eigenvalue weighted by Crippen LogP contribution is -2.46. The van der Waals surface area contributed by atoms with Gasteiger partial charge in [0.15, 0.2) is 9.84 Å². The van der Waals surface area contributed by atoms with Crippen LogP contribution in [0, 0.1) is 11.3 Å². The molecule has 3 aromatic rings. The molecule has 0 atom stereocenters. The number of hydrogen-bond acceptors (Lipinski definition) is 8. The van der Waals surface area contributed by atoms with Gasteiger partial charge in [-0.15, -0.1) is 13.2 Å². The molecule has 0 aliphatic rings. The second-order valence-electron chi connectivity index (χ2n) is 8.73. The third kappa shape index (κ3) is 6.25. The van der Waals surface area contributed by atoms with Crippen molar-refractivity contribution < 1.29 is 35.9 Å². The van der Waals surface area contributed by atoms with Crippen LogP contribution >= 0.6 is 15.9 Å². The fourth-order valence-corrected chi connectivity index (χ4v) is 4.70. The van der Waals surface area contributed by atoms with Gasteiger partial charge in [-0.2, -0.15) is 14.9 Å². The number of rotatable bonds is 5. The number of halogens is 4. The van der Waals surface area contributed by atoms with Gasteiger partial charge in [0.25, 0.3) is 5.56 Å². The van der Waals surface area contributed by atoms with Crippen LogP contribution in [0.2, 0.25) is 0 Å². The highest BCUT2D eigenvalue weighted by atomic mass is 79.9. The Morgan fingerprint density at radius 2 is 1.87 bits per heavy atom. The van der Waals surface area contributed by atoms with Gasteiger partial charge in [0.2, 0.25) is 0 Å². The molecule has 0 aliphatic heterocycles. The van der Waals surface area contributed by atoms with Crippen LogP contribution in [0.4, 0.5) is 23.7 Å². The van der Waals surface area contributed by atoms with Gasteiger partial charge in [0.1, 0.15) is 17.7 Å². The van der Waals surface area contributed by atoms with Crippen LogP contribution < -0.4 is 15.3 Å². The average Bonchev–Trinajstić information content (AvgIpc) is 2.79. The predicted octanol–water partition coefficient (Wildman–Crippen LogP) is 4.93. The third-order valence-electron chi connectivity index (χ3n) is 4.83. The first kappa shape index (κ1) is 28.9. The lowest BCUT2D eigenvalue weighted by Gasteiger charge is -2.29. The second kappa shape index (κ2) is 10.3. The summed E-state index contributed by atoms with van der Waals surface area (Å²) >= 11 is 2.93. The number of hydrogen-bond donors (Lipinski definition) is 0. The number of aromatic nitrogens is 2. The Morgan fingerprint density at radius 3 is 2.42 bits per heavy atom. The molecule has 0 unspecified atom stereocenters. The standard InChI is InChI=1S/C23H20BrF3N4O6S/c1-5-38(34,35)19-7-6-13(11-28)8-17(19)31(21(33)37-22(2,3)4)30-12-29-16-10-15(24)18(36-23(25,26)27)9-14(16)20(30)32/h6-10,12H,5H2,1-4H3. The van der Waals surface area contributed by atoms with E-state index < -0.39 is 49.8 Å². The summed E-state index contributed by atoms with van der Waals surface area (Å²) in [5, 5.41) is 9.59. The Balaban J connectivity index is 2.39. The zero-order valence-electron chi connectivity index (χ0n) is 20.3. The van der Waals surface area contributed by atoms with Crippen LogP contribution in [-0.2, 0) is 14.6 Å². The maximum Gasteiger partial charge on any atom is 0.573 e. The van der Waals surface area contributed by atoms with Crippen LogP contribution in [0.5, 0.6) is 5.75 Å². The molecule has 202 valence electrons. The van der Waals surface area contributed by atoms with Crippen molar-refractivity contribution in [1.29, 1.82) is 5.26 Å². The number of benzene rings is 2. The molecule has 10 nitrogen and oxygen atoms in total. The fraction of sp³-hybridized carbons (Fsp3) is 0.304. The van der Waals surface area contributed by atoms with Crippen molar-refractivity contribution in [3.05, 3.63) is 57.0 Å². The molecule has 3 rings (SSSR count). The molecule has 2 aromatic carbocycles. The van der Waals surface area contributed by atoms with E-state index in [1.54, 1.807) is 0 Å². The number of amides is 1. The highest BCUT2D eigenvalue weighted by Gasteiger charge is 2.34. The van der Waals surface area contributed by atoms with E-state index in [0.29, 0.717) is 9.69 Å². The molecule has 0 radical (unpaired) electrons. The molecule has 1 amide bonds. The van der Waals surface area contributed by atoms with E-state index in [1.165, 1.54) is 33.8 Å². The number of sulfone groups is 1. The first-order chi connectivity index (χ1) is 17.5. The fourth-order valence-electron chi connectivity index (χ4n) is 3.24. The third-order valence-corrected chi connectivity index (χ3v) is 7.23. The minimum atomic E-state index is -5.07. The average molecular weight is 617 g/mol. The summed E-state index contributed by atoms with van der Waals surface area (Å²) in [6.45, 7) is 5.94. The van der Waals surface area contributed by atoms with E-state index in [0.717, 1.165) is 30.6 Å². The molecular weight excluding hydrogens is 597 g/mol. The molecule has 1 aromatic heterocycles. The minimum Gasteiger partial charge on any atom is -0.442 e. The molecule has 1 heterocycles. The van der Waals surface area contributed by atoms with Crippen LogP contribution in [0.25, 0.3) is 10.9 Å². The molecular formula is C23H20BrF3N4O6S. The van der Waals surface area contributed by atoms with Gasteiger partial charge >= 0.3 is 12.5 Å². The van der Waals surface area contributed by atoms with Gasteiger partial charge in [0.05, 0.1) is 43.3 Å². The van der Waals surface area contributed by atoms with Crippen molar-refractivity contribution in [2.24, 2.45) is 0 Å². The van der Waals surface area contributed by atoms with Crippen molar-refractivity contribution in [2.45, 2.75) is 44.6 Å². The van der Waals surface area contributed by atoms with Gasteiger partial charge in [-0.05, 0) is 67.0 Å². The molecule has 0 fully saturated rings. The Kier molecular flexibility index (Phi) is 7.81. The highest BCUT2D eigenvalue weighted by Crippen LogP contribution is 2.33. The zero-order valence-corrected chi connectivity index (χ0v) is 22.7. The maximum atomic E-state index is 13.5. The number of alkyl halides is 3. The first-order valence-electron chi connectivity index (χ1n) is 10.7. The number of ether oxygens (including phenoxy) is 2. The van der Waals surface area contributed by atoms with E-state index in [9.17, 15) is 36.4 Å². The smallest absolute Gasteiger partial charge is 0.442 e. The summed E-state index contributed by atoms with van der Waals surface area (Å²) in [7, 11) is -4.02. The monoisotopic (exact) mass is 616 g/mol. The molecule has 0 spiro atoms. The van der Waals surface area contributed by atoms with Gasteiger partial charge < -0.3 is 9.47 Å². The Morgan fingerprint density at radius 1 is 1.21 bits per heavy atom. The van der Waals surface area contributed by atoms with Crippen LogP contribution in [0.1, 0.15) is 33.3 Å². The summed E-state index contributed by atoms with van der Waals surface area (Å²) < 4.78 is 74.2. The SMILES string of the molecule is CCS(=O)(=O)c1ccc(C#N)cc1N(C(=O)OC(C)(C)C)n1cnc2cc(Br)c(OC(F)(F)F)cc2c1=O. The topological polar surface area (TPSA) is 132 Å². The van der Waals surface area contributed by atoms with Crippen molar-refractivity contribution in [3.63, 3.8) is 0 Å². The van der Waals surface area contributed by atoms with E-state index in [-0.39, 0.29) is 26.7 Å². The first-order valence-corrected chi connectivity index (χ1v) is 13.2. The van der Waals surface area contributed by atoms with Crippen LogP contribution in [0.3, 0.4) is 0 Å². The van der Waals surface area contributed by atoms with E-state index >= 15 is 0 Å². The van der Waals surface area contributed by atoms with E-state index in [4.69, 9.17) is 4.74 Å². The van der Waals surface area contributed by atoms with Gasteiger partial charge in [-0.25, -0.2) is 18.2 Å². The number of fused-ring (bicyclic) bond motifs is 1. The van der Waals surface area contributed by atoms with Gasteiger partial charge in [-0.1, -0.05) is 6.92 Å².